The van der Waals surface area contributed by atoms with Gasteiger partial charge in [0.05, 0.1) is 0 Å². The van der Waals surface area contributed by atoms with Crippen molar-refractivity contribution in [1.29, 1.82) is 0 Å². The van der Waals surface area contributed by atoms with E-state index in [9.17, 15) is 0 Å². The van der Waals surface area contributed by atoms with E-state index < -0.39 is 17.1 Å². The molecule has 0 aliphatic carbocycles. The van der Waals surface area contributed by atoms with Crippen molar-refractivity contribution in [3.63, 3.8) is 0 Å². The molecule has 0 amide bonds. The molecule has 0 N–H and O–H groups in total. The lowest BCUT2D eigenvalue weighted by molar-refractivity contribution is 0.190. The lowest BCUT2D eigenvalue weighted by Gasteiger charge is -2.32. The number of hydrogen-bond donors (Lipinski definition) is 0. The number of unbranched alkanes of at least 4 members (excludes halogenated alkanes) is 7. The second-order valence-corrected chi connectivity index (χ2v) is 14.1. The van der Waals surface area contributed by atoms with E-state index in [1.807, 2.05) is 0 Å². The van der Waals surface area contributed by atoms with Gasteiger partial charge in [-0.1, -0.05) is 58.8 Å². The van der Waals surface area contributed by atoms with Gasteiger partial charge in [-0.15, -0.1) is 0 Å². The van der Waals surface area contributed by atoms with Crippen molar-refractivity contribution in [2.75, 3.05) is 13.2 Å². The van der Waals surface area contributed by atoms with Gasteiger partial charge in [0.25, 0.3) is 0 Å². The average Bonchev–Trinajstić information content (AvgIpc) is 2.41. The summed E-state index contributed by atoms with van der Waals surface area (Å²) >= 11 is 0. The Labute approximate surface area is 141 Å². The highest BCUT2D eigenvalue weighted by Gasteiger charge is 2.36. The Morgan fingerprint density at radius 2 is 0.909 bits per heavy atom. The van der Waals surface area contributed by atoms with Crippen LogP contribution >= 0.6 is 0 Å². The Morgan fingerprint density at radius 1 is 0.545 bits per heavy atom. The standard InChI is InChI=1S/C17H40O3Si2/c1-7-9-11-12-13-15-17-19-22(5,6)20-21(3,4)18-16-14-10-8-2/h7-17H2,1-6H3. The van der Waals surface area contributed by atoms with Gasteiger partial charge in [-0.05, 0) is 39.0 Å². The molecule has 22 heavy (non-hydrogen) atoms. The van der Waals surface area contributed by atoms with Crippen molar-refractivity contribution >= 4 is 17.1 Å². The Bertz CT molecular complexity index is 258. The first-order chi connectivity index (χ1) is 10.3. The van der Waals surface area contributed by atoms with Crippen LogP contribution in [0.25, 0.3) is 0 Å². The van der Waals surface area contributed by atoms with Gasteiger partial charge >= 0.3 is 17.1 Å². The van der Waals surface area contributed by atoms with Crippen LogP contribution in [0, 0.1) is 0 Å². The van der Waals surface area contributed by atoms with Gasteiger partial charge in [0.2, 0.25) is 0 Å². The van der Waals surface area contributed by atoms with Crippen LogP contribution in [-0.4, -0.2) is 30.3 Å². The van der Waals surface area contributed by atoms with Gasteiger partial charge in [0.1, 0.15) is 0 Å². The largest absolute Gasteiger partial charge is 0.415 e. The molecule has 134 valence electrons. The predicted octanol–water partition coefficient (Wildman–Crippen LogP) is 5.99. The van der Waals surface area contributed by atoms with Crippen LogP contribution < -0.4 is 0 Å². The third-order valence-corrected chi connectivity index (χ3v) is 9.37. The zero-order chi connectivity index (χ0) is 16.9. The van der Waals surface area contributed by atoms with E-state index in [2.05, 4.69) is 40.0 Å². The lowest BCUT2D eigenvalue weighted by atomic mass is 10.1. The minimum absolute atomic E-state index is 0.828. The Hall–Kier alpha value is 0.314. The Kier molecular flexibility index (Phi) is 12.9. The molecule has 0 aromatic heterocycles. The minimum Gasteiger partial charge on any atom is -0.415 e. The molecule has 0 aliphatic heterocycles. The summed E-state index contributed by atoms with van der Waals surface area (Å²) in [5, 5.41) is 0. The second kappa shape index (κ2) is 12.7. The molecule has 0 saturated heterocycles. The maximum absolute atomic E-state index is 6.28. The normalized spacial score (nSPS) is 12.8. The summed E-state index contributed by atoms with van der Waals surface area (Å²) in [6.45, 7) is 14.7. The third kappa shape index (κ3) is 13.9. The summed E-state index contributed by atoms with van der Waals surface area (Å²) in [5.41, 5.74) is 0. The minimum atomic E-state index is -2.05. The highest BCUT2D eigenvalue weighted by Crippen LogP contribution is 2.18. The van der Waals surface area contributed by atoms with Gasteiger partial charge in [0, 0.05) is 13.2 Å². The van der Waals surface area contributed by atoms with Crippen LogP contribution in [0.15, 0.2) is 0 Å². The first-order valence-electron chi connectivity index (χ1n) is 9.31. The molecule has 0 saturated carbocycles. The maximum atomic E-state index is 6.28. The molecule has 5 heteroatoms. The highest BCUT2D eigenvalue weighted by atomic mass is 28.5. The van der Waals surface area contributed by atoms with Crippen LogP contribution in [0.3, 0.4) is 0 Å². The van der Waals surface area contributed by atoms with Gasteiger partial charge in [-0.25, -0.2) is 0 Å². The van der Waals surface area contributed by atoms with E-state index in [4.69, 9.17) is 13.0 Å². The van der Waals surface area contributed by atoms with Crippen LogP contribution in [-0.2, 0) is 13.0 Å². The zero-order valence-corrected chi connectivity index (χ0v) is 18.0. The molecule has 0 heterocycles. The van der Waals surface area contributed by atoms with Crippen molar-refractivity contribution in [3.8, 4) is 0 Å². The average molecular weight is 349 g/mol. The molecule has 0 unspecified atom stereocenters. The second-order valence-electron chi connectivity index (χ2n) is 7.07. The smallest absolute Gasteiger partial charge is 0.322 e. The monoisotopic (exact) mass is 348 g/mol. The predicted molar refractivity (Wildman–Crippen MR) is 101 cm³/mol. The van der Waals surface area contributed by atoms with Crippen molar-refractivity contribution in [2.24, 2.45) is 0 Å². The molecule has 0 aromatic rings. The van der Waals surface area contributed by atoms with E-state index in [0.29, 0.717) is 0 Å². The number of hydrogen-bond acceptors (Lipinski definition) is 3. The molecule has 0 aromatic carbocycles. The van der Waals surface area contributed by atoms with E-state index >= 15 is 0 Å². The summed E-state index contributed by atoms with van der Waals surface area (Å²) in [5.74, 6) is 0. The Morgan fingerprint density at radius 3 is 1.41 bits per heavy atom. The summed E-state index contributed by atoms with van der Waals surface area (Å²) in [6.07, 6.45) is 11.4. The van der Waals surface area contributed by atoms with Crippen molar-refractivity contribution in [3.05, 3.63) is 0 Å². The molecule has 0 fully saturated rings. The molecule has 0 spiro atoms. The SMILES string of the molecule is CCCCCCCCO[Si](C)(C)O[Si](C)(C)OCCCCC. The molecular formula is C17H40O3Si2. The molecular weight excluding hydrogens is 308 g/mol. The van der Waals surface area contributed by atoms with Crippen LogP contribution in [0.5, 0.6) is 0 Å². The van der Waals surface area contributed by atoms with E-state index in [0.717, 1.165) is 26.1 Å². The molecule has 3 nitrogen and oxygen atoms in total. The van der Waals surface area contributed by atoms with Crippen molar-refractivity contribution in [2.45, 2.75) is 97.8 Å². The first kappa shape index (κ1) is 22.3. The lowest BCUT2D eigenvalue weighted by Crippen LogP contribution is -2.48. The van der Waals surface area contributed by atoms with Crippen LogP contribution in [0.2, 0.25) is 26.2 Å². The van der Waals surface area contributed by atoms with E-state index in [-0.39, 0.29) is 0 Å². The molecule has 0 radical (unpaired) electrons. The Balaban J connectivity index is 3.81. The summed E-state index contributed by atoms with van der Waals surface area (Å²) in [7, 11) is -4.08. The third-order valence-electron chi connectivity index (χ3n) is 3.64. The summed E-state index contributed by atoms with van der Waals surface area (Å²) in [6, 6.07) is 0. The molecule has 0 aliphatic rings. The number of rotatable bonds is 15. The molecule has 0 rings (SSSR count). The fourth-order valence-corrected chi connectivity index (χ4v) is 9.00. The van der Waals surface area contributed by atoms with Crippen LogP contribution in [0.4, 0.5) is 0 Å². The van der Waals surface area contributed by atoms with Crippen molar-refractivity contribution < 1.29 is 13.0 Å². The fourth-order valence-electron chi connectivity index (χ4n) is 2.52. The van der Waals surface area contributed by atoms with Gasteiger partial charge in [-0.3, -0.25) is 0 Å². The summed E-state index contributed by atoms with van der Waals surface area (Å²) in [4.78, 5) is 0. The first-order valence-corrected chi connectivity index (χ1v) is 14.9. The maximum Gasteiger partial charge on any atom is 0.322 e. The molecule has 0 atom stereocenters. The topological polar surface area (TPSA) is 27.7 Å². The van der Waals surface area contributed by atoms with Crippen molar-refractivity contribution in [1.82, 2.24) is 0 Å². The van der Waals surface area contributed by atoms with Gasteiger partial charge in [-0.2, -0.15) is 0 Å². The highest BCUT2D eigenvalue weighted by molar-refractivity contribution is 6.78. The zero-order valence-electron chi connectivity index (χ0n) is 16.0. The van der Waals surface area contributed by atoms with E-state index in [1.165, 1.54) is 44.9 Å². The fraction of sp³-hybridized carbons (Fsp3) is 1.00. The quantitative estimate of drug-likeness (QED) is 0.269. The van der Waals surface area contributed by atoms with E-state index in [1.54, 1.807) is 0 Å². The van der Waals surface area contributed by atoms with Gasteiger partial charge in [0.15, 0.2) is 0 Å². The van der Waals surface area contributed by atoms with Crippen LogP contribution in [0.1, 0.15) is 71.6 Å². The van der Waals surface area contributed by atoms with Gasteiger partial charge < -0.3 is 13.0 Å². The molecule has 0 bridgehead atoms. The summed E-state index contributed by atoms with van der Waals surface area (Å²) < 4.78 is 18.4.